The predicted molar refractivity (Wildman–Crippen MR) is 79.4 cm³/mol. The van der Waals surface area contributed by atoms with Crippen LogP contribution >= 0.6 is 0 Å². The summed E-state index contributed by atoms with van der Waals surface area (Å²) in [5.41, 5.74) is 1.27. The number of amides is 1. The second-order valence-electron chi connectivity index (χ2n) is 4.69. The van der Waals surface area contributed by atoms with Crippen LogP contribution in [0.1, 0.15) is 47.0 Å². The van der Waals surface area contributed by atoms with Gasteiger partial charge >= 0.3 is 0 Å². The molecule has 0 fully saturated rings. The van der Waals surface area contributed by atoms with Crippen molar-refractivity contribution in [2.24, 2.45) is 5.92 Å². The molecule has 0 spiro atoms. The van der Waals surface area contributed by atoms with E-state index < -0.39 is 0 Å². The van der Waals surface area contributed by atoms with E-state index in [2.05, 4.69) is 38.2 Å². The summed E-state index contributed by atoms with van der Waals surface area (Å²) in [6.45, 7) is 9.13. The fourth-order valence-corrected chi connectivity index (χ4v) is 1.41. The number of carbonyl (C=O) groups excluding carboxylic acids is 1. The molecule has 0 aromatic heterocycles. The Morgan fingerprint density at radius 3 is 2.61 bits per heavy atom. The van der Waals surface area contributed by atoms with Crippen LogP contribution in [-0.2, 0) is 4.79 Å². The van der Waals surface area contributed by atoms with Crippen molar-refractivity contribution in [3.63, 3.8) is 0 Å². The lowest BCUT2D eigenvalue weighted by Gasteiger charge is -2.07. The molecule has 0 aromatic carbocycles. The van der Waals surface area contributed by atoms with Gasteiger partial charge in [-0.05, 0) is 38.7 Å². The number of carbonyl (C=O) groups is 1. The molecule has 102 valence electrons. The van der Waals surface area contributed by atoms with Gasteiger partial charge in [-0.3, -0.25) is 4.79 Å². The van der Waals surface area contributed by atoms with Gasteiger partial charge in [0.2, 0.25) is 5.91 Å². The monoisotopic (exact) mass is 249 g/mol. The fraction of sp³-hybridized carbons (Fsp3) is 0.562. The summed E-state index contributed by atoms with van der Waals surface area (Å²) in [6, 6.07) is 0. The molecule has 1 N–H and O–H groups in total. The summed E-state index contributed by atoms with van der Waals surface area (Å²) in [5.74, 6) is 0.568. The third kappa shape index (κ3) is 9.88. The first-order valence-corrected chi connectivity index (χ1v) is 6.84. The van der Waals surface area contributed by atoms with Crippen LogP contribution in [0, 0.1) is 5.92 Å². The first-order chi connectivity index (χ1) is 8.60. The normalized spacial score (nSPS) is 14.3. The molecule has 0 aliphatic carbocycles. The number of hydrogen-bond donors (Lipinski definition) is 1. The number of hydrogen-bond acceptors (Lipinski definition) is 1. The smallest absolute Gasteiger partial charge is 0.243 e. The Labute approximate surface area is 112 Å². The lowest BCUT2D eigenvalue weighted by atomic mass is 10.1. The predicted octanol–water partition coefficient (Wildman–Crippen LogP) is 4.01. The molecule has 0 heterocycles. The van der Waals surface area contributed by atoms with Crippen LogP contribution < -0.4 is 5.32 Å². The van der Waals surface area contributed by atoms with Crippen molar-refractivity contribution in [1.82, 2.24) is 5.32 Å². The first kappa shape index (κ1) is 16.7. The van der Waals surface area contributed by atoms with Crippen molar-refractivity contribution in [1.29, 1.82) is 0 Å². The molecular weight excluding hydrogens is 222 g/mol. The zero-order chi connectivity index (χ0) is 13.8. The molecule has 2 nitrogen and oxygen atoms in total. The van der Waals surface area contributed by atoms with Gasteiger partial charge in [-0.15, -0.1) is 0 Å². The van der Waals surface area contributed by atoms with Crippen LogP contribution in [0.25, 0.3) is 0 Å². The molecule has 1 unspecified atom stereocenters. The third-order valence-corrected chi connectivity index (χ3v) is 2.82. The zero-order valence-corrected chi connectivity index (χ0v) is 12.2. The van der Waals surface area contributed by atoms with E-state index in [9.17, 15) is 4.79 Å². The van der Waals surface area contributed by atoms with Crippen molar-refractivity contribution in [3.05, 3.63) is 36.0 Å². The van der Waals surface area contributed by atoms with Gasteiger partial charge < -0.3 is 5.32 Å². The van der Waals surface area contributed by atoms with Crippen LogP contribution in [0.2, 0.25) is 0 Å². The molecule has 0 bridgehead atoms. The summed E-state index contributed by atoms with van der Waals surface area (Å²) in [5, 5.41) is 2.90. The van der Waals surface area contributed by atoms with Gasteiger partial charge in [0.25, 0.3) is 0 Å². The Morgan fingerprint density at radius 1 is 1.28 bits per heavy atom. The topological polar surface area (TPSA) is 29.1 Å². The van der Waals surface area contributed by atoms with Crippen LogP contribution in [0.3, 0.4) is 0 Å². The number of allylic oxidation sites excluding steroid dienone is 5. The second kappa shape index (κ2) is 10.8. The highest BCUT2D eigenvalue weighted by Gasteiger charge is 1.99. The molecular formula is C16H27NO. The maximum absolute atomic E-state index is 11.4. The highest BCUT2D eigenvalue weighted by atomic mass is 16.1. The van der Waals surface area contributed by atoms with E-state index >= 15 is 0 Å². The van der Waals surface area contributed by atoms with E-state index in [0.29, 0.717) is 5.92 Å². The van der Waals surface area contributed by atoms with Crippen molar-refractivity contribution < 1.29 is 4.79 Å². The first-order valence-electron chi connectivity index (χ1n) is 6.84. The maximum Gasteiger partial charge on any atom is 0.243 e. The second-order valence-corrected chi connectivity index (χ2v) is 4.69. The van der Waals surface area contributed by atoms with Crippen LogP contribution in [0.15, 0.2) is 36.0 Å². The maximum atomic E-state index is 11.4. The molecule has 1 amide bonds. The Morgan fingerprint density at radius 2 is 2.00 bits per heavy atom. The summed E-state index contributed by atoms with van der Waals surface area (Å²) in [6.07, 6.45) is 12.9. The van der Waals surface area contributed by atoms with E-state index in [4.69, 9.17) is 0 Å². The average molecular weight is 249 g/mol. The molecule has 0 radical (unpaired) electrons. The van der Waals surface area contributed by atoms with E-state index in [1.807, 2.05) is 19.1 Å². The molecule has 0 saturated heterocycles. The molecule has 0 aliphatic heterocycles. The molecule has 18 heavy (non-hydrogen) atoms. The van der Waals surface area contributed by atoms with Gasteiger partial charge in [-0.25, -0.2) is 0 Å². The van der Waals surface area contributed by atoms with Crippen LogP contribution in [0.4, 0.5) is 0 Å². The largest absolute Gasteiger partial charge is 0.352 e. The SMILES string of the molecule is C/C=C/C(C)=C\CC/C=C/C(=O)NCC(C)CC. The average Bonchev–Trinajstić information content (AvgIpc) is 2.35. The molecule has 0 rings (SSSR count). The third-order valence-electron chi connectivity index (χ3n) is 2.82. The number of rotatable bonds is 8. The standard InChI is InChI=1S/C16H27NO/c1-5-10-15(4)11-8-7-9-12-16(18)17-13-14(3)6-2/h5,9-12,14H,6-8,13H2,1-4H3,(H,17,18)/b10-5+,12-9+,15-11-. The van der Waals surface area contributed by atoms with Gasteiger partial charge in [0.15, 0.2) is 0 Å². The fourth-order valence-electron chi connectivity index (χ4n) is 1.41. The van der Waals surface area contributed by atoms with Gasteiger partial charge in [0.05, 0.1) is 0 Å². The Hall–Kier alpha value is -1.31. The van der Waals surface area contributed by atoms with Crippen molar-refractivity contribution >= 4 is 5.91 Å². The van der Waals surface area contributed by atoms with Gasteiger partial charge in [-0.2, -0.15) is 0 Å². The van der Waals surface area contributed by atoms with Crippen LogP contribution in [-0.4, -0.2) is 12.5 Å². The highest BCUT2D eigenvalue weighted by molar-refractivity contribution is 5.87. The van der Waals surface area contributed by atoms with Gasteiger partial charge in [0.1, 0.15) is 0 Å². The molecule has 0 aliphatic rings. The summed E-state index contributed by atoms with van der Waals surface area (Å²) >= 11 is 0. The van der Waals surface area contributed by atoms with E-state index in [1.54, 1.807) is 6.08 Å². The number of unbranched alkanes of at least 4 members (excludes halogenated alkanes) is 1. The van der Waals surface area contributed by atoms with Gasteiger partial charge in [-0.1, -0.05) is 50.1 Å². The Kier molecular flexibility index (Phi) is 10.0. The summed E-state index contributed by atoms with van der Waals surface area (Å²) < 4.78 is 0. The molecule has 2 heteroatoms. The minimum Gasteiger partial charge on any atom is -0.352 e. The minimum atomic E-state index is 0.0180. The molecule has 0 saturated carbocycles. The Balaban J connectivity index is 3.76. The van der Waals surface area contributed by atoms with Crippen molar-refractivity contribution in [2.75, 3.05) is 6.54 Å². The number of nitrogens with one attached hydrogen (secondary N) is 1. The van der Waals surface area contributed by atoms with E-state index in [-0.39, 0.29) is 5.91 Å². The van der Waals surface area contributed by atoms with Crippen molar-refractivity contribution in [3.8, 4) is 0 Å². The molecule has 0 aromatic rings. The summed E-state index contributed by atoms with van der Waals surface area (Å²) in [4.78, 5) is 11.4. The van der Waals surface area contributed by atoms with E-state index in [1.165, 1.54) is 5.57 Å². The van der Waals surface area contributed by atoms with E-state index in [0.717, 1.165) is 25.8 Å². The van der Waals surface area contributed by atoms with Gasteiger partial charge in [0, 0.05) is 6.54 Å². The van der Waals surface area contributed by atoms with Crippen molar-refractivity contribution in [2.45, 2.75) is 47.0 Å². The Bertz CT molecular complexity index is 313. The zero-order valence-electron chi connectivity index (χ0n) is 12.2. The molecule has 1 atom stereocenters. The quantitative estimate of drug-likeness (QED) is 0.393. The lowest BCUT2D eigenvalue weighted by Crippen LogP contribution is -2.26. The lowest BCUT2D eigenvalue weighted by molar-refractivity contribution is -0.116. The highest BCUT2D eigenvalue weighted by Crippen LogP contribution is 2.01. The summed E-state index contributed by atoms with van der Waals surface area (Å²) in [7, 11) is 0. The van der Waals surface area contributed by atoms with Crippen LogP contribution in [0.5, 0.6) is 0 Å². The minimum absolute atomic E-state index is 0.0180.